The molecule has 16 atom stereocenters. The number of nitrogens with zero attached hydrogens (tertiary/aromatic N) is 9. The number of H-pyrrole nitrogens is 2. The molecule has 3 aliphatic rings. The van der Waals surface area contributed by atoms with E-state index in [9.17, 15) is 72.3 Å². The molecule has 0 radical (unpaired) electrons. The second kappa shape index (κ2) is 24.0. The summed E-state index contributed by atoms with van der Waals surface area (Å²) >= 11 is 0. The third-order valence-corrected chi connectivity index (χ3v) is 17.8. The average molecular weight is 1220 g/mol. The first kappa shape index (κ1) is 60.9. The number of phosphoric ester groups is 3. The lowest BCUT2D eigenvalue weighted by Crippen LogP contribution is -2.45. The Morgan fingerprint density at radius 3 is 2.17 bits per heavy atom. The molecule has 1 amide bonds. The van der Waals surface area contributed by atoms with Gasteiger partial charge in [-0.15, -0.1) is 0 Å². The number of aryl methyl sites for hydroxylation is 1. The molecule has 43 heteroatoms. The summed E-state index contributed by atoms with van der Waals surface area (Å²) < 4.78 is 114. The number of phosphoric acid groups is 4. The lowest BCUT2D eigenvalue weighted by Gasteiger charge is -2.31. The van der Waals surface area contributed by atoms with Crippen LogP contribution in [0.2, 0.25) is 0 Å². The van der Waals surface area contributed by atoms with Crippen LogP contribution < -0.4 is 37.7 Å². The number of nitrogens with one attached hydrogen (secondary N) is 2. The van der Waals surface area contributed by atoms with Gasteiger partial charge in [-0.2, -0.15) is 8.62 Å². The van der Waals surface area contributed by atoms with Crippen LogP contribution in [-0.2, 0) is 80.5 Å². The van der Waals surface area contributed by atoms with Crippen LogP contribution in [-0.4, -0.2) is 187 Å². The number of fused-ring (bicyclic) bond motifs is 2. The third-order valence-electron chi connectivity index (χ3n) is 12.6. The summed E-state index contributed by atoms with van der Waals surface area (Å²) in [4.78, 5) is 117. The molecular formula is C37H53N13O26P4. The molecular weight excluding hydrogens is 1170 g/mol. The zero-order valence-electron chi connectivity index (χ0n) is 41.9. The van der Waals surface area contributed by atoms with Gasteiger partial charge in [-0.3, -0.25) is 51.7 Å². The lowest BCUT2D eigenvalue weighted by molar-refractivity contribution is -0.745. The van der Waals surface area contributed by atoms with Crippen molar-refractivity contribution in [1.82, 2.24) is 48.5 Å². The van der Waals surface area contributed by atoms with E-state index < -0.39 is 154 Å². The number of aliphatic hydroxyl groups is 3. The van der Waals surface area contributed by atoms with Crippen molar-refractivity contribution in [2.75, 3.05) is 65.7 Å². The number of carbonyl (C=O) groups is 1. The number of likely N-dealkylation sites (N-methyl/N-ethyl adjacent to an activating group) is 1. The molecule has 80 heavy (non-hydrogen) atoms. The fraction of sp³-hybridized carbons (Fsp3) is 0.595. The molecule has 5 aromatic heterocycles. The predicted octanol–water partition coefficient (Wildman–Crippen LogP) is -4.76. The average Bonchev–Trinajstić information content (AvgIpc) is 4.36. The molecule has 0 aromatic carbocycles. The monoisotopic (exact) mass is 1220 g/mol. The Kier molecular flexibility index (Phi) is 18.3. The summed E-state index contributed by atoms with van der Waals surface area (Å²) in [6.07, 6.45) is -14.8. The first-order valence-corrected chi connectivity index (χ1v) is 29.1. The molecule has 0 spiro atoms. The van der Waals surface area contributed by atoms with Gasteiger partial charge in [-0.25, -0.2) is 38.0 Å². The number of rotatable bonds is 24. The number of imidazole rings is 2. The van der Waals surface area contributed by atoms with Crippen molar-refractivity contribution in [2.45, 2.75) is 73.9 Å². The fourth-order valence-electron chi connectivity index (χ4n) is 8.83. The van der Waals surface area contributed by atoms with Crippen molar-refractivity contribution in [3.05, 3.63) is 62.4 Å². The molecule has 0 bridgehead atoms. The van der Waals surface area contributed by atoms with Crippen LogP contribution in [0.5, 0.6) is 0 Å². The molecule has 8 rings (SSSR count). The standard InChI is InChI=1S/C37H53N13O26P4/c1-46(7-8-66-3)21(52)9-16-17(71-33(24(16)53)50-15-47(2)23-31(50)44-36(39)45-32(23)56)10-69-78(60,61)75-80(64,65)76-79(62,63)70-12-19-27(28(67-4)35(73-19)49-14-42-22-29(38)40-13-41-30(22)49)74-77(58,59)68-11-18-25(54)26(55)34(72-18)48-6-5-20(51)43-37(48)57/h5-6,13-19,24-28,33-35,53-55H,7-12H2,1-4H3,(H9-,38,39,40,41,43,44,45,51,56,57,58,59,60,61,62,63,64,65)/t16-,17-,18-,19-,24-,25-,26-,27-,28-,33?,34-,35-/m1/s1. The van der Waals surface area contributed by atoms with E-state index in [-0.39, 0.29) is 47.2 Å². The maximum Gasteiger partial charge on any atom is 0.490 e. The summed E-state index contributed by atoms with van der Waals surface area (Å²) in [6, 6.07) is 0.910. The molecule has 5 aromatic rings. The number of nitrogens with two attached hydrogens (primary N) is 2. The highest BCUT2D eigenvalue weighted by molar-refractivity contribution is 7.66. The minimum absolute atomic E-state index is 0.0202. The maximum atomic E-state index is 13.5. The molecule has 0 saturated carbocycles. The molecule has 3 fully saturated rings. The van der Waals surface area contributed by atoms with Crippen molar-refractivity contribution in [1.29, 1.82) is 0 Å². The summed E-state index contributed by atoms with van der Waals surface area (Å²) in [5.41, 5.74) is 9.08. The first-order valence-electron chi connectivity index (χ1n) is 23.1. The SMILES string of the molecule is COCCN(C)C(=O)C[C@@H]1[C@@H](COP(=O)(O)OP(=O)(O)OP(=O)(O)OC[C@H]2O[C@@H](n3cnc4c(N)ncnc43)[C@H](OC)[C@@H]2OP(=O)([O-])OC[C@H]2O[C@@H](n3ccc(=O)[nH]c3=O)[C@H](O)[C@@H]2O)OC([n+]2cn(C)c3c(=O)[nH]c(N)nc32)[C@@H]1O. The number of aromatic nitrogens is 10. The molecule has 3 aliphatic heterocycles. The largest absolute Gasteiger partial charge is 0.756 e. The Morgan fingerprint density at radius 2 is 1.51 bits per heavy atom. The lowest BCUT2D eigenvalue weighted by atomic mass is 9.94. The first-order chi connectivity index (χ1) is 37.5. The molecule has 12 N–H and O–H groups in total. The van der Waals surface area contributed by atoms with Crippen molar-refractivity contribution in [2.24, 2.45) is 13.0 Å². The Balaban J connectivity index is 0.955. The van der Waals surface area contributed by atoms with Crippen molar-refractivity contribution in [3.8, 4) is 0 Å². The van der Waals surface area contributed by atoms with Crippen LogP contribution in [0.15, 0.2) is 45.6 Å². The minimum atomic E-state index is -6.27. The number of hydrogen-bond donors (Lipinski definition) is 10. The summed E-state index contributed by atoms with van der Waals surface area (Å²) in [7, 11) is -18.6. The topological polar surface area (TPSA) is 540 Å². The second-order valence-corrected chi connectivity index (χ2v) is 23.9. The van der Waals surface area contributed by atoms with E-state index in [0.29, 0.717) is 4.57 Å². The normalized spacial score (nSPS) is 29.1. The van der Waals surface area contributed by atoms with Gasteiger partial charge in [0.2, 0.25) is 17.7 Å². The van der Waals surface area contributed by atoms with Crippen LogP contribution >= 0.6 is 31.3 Å². The highest BCUT2D eigenvalue weighted by atomic mass is 31.3. The van der Waals surface area contributed by atoms with Gasteiger partial charge in [0.15, 0.2) is 30.2 Å². The van der Waals surface area contributed by atoms with Crippen LogP contribution in [0, 0.1) is 5.92 Å². The Bertz CT molecular complexity index is 3470. The van der Waals surface area contributed by atoms with Gasteiger partial charge in [-0.1, -0.05) is 4.98 Å². The molecule has 5 unspecified atom stereocenters. The number of amides is 1. The zero-order valence-corrected chi connectivity index (χ0v) is 45.5. The van der Waals surface area contributed by atoms with Gasteiger partial charge in [0.05, 0.1) is 45.9 Å². The fourth-order valence-corrected chi connectivity index (χ4v) is 13.3. The maximum absolute atomic E-state index is 13.5. The van der Waals surface area contributed by atoms with Crippen molar-refractivity contribution in [3.63, 3.8) is 0 Å². The van der Waals surface area contributed by atoms with Crippen LogP contribution in [0.3, 0.4) is 0 Å². The van der Waals surface area contributed by atoms with Crippen LogP contribution in [0.1, 0.15) is 25.1 Å². The number of carbonyl (C=O) groups excluding carboxylic acids is 1. The van der Waals surface area contributed by atoms with E-state index in [1.807, 2.05) is 4.98 Å². The van der Waals surface area contributed by atoms with Gasteiger partial charge in [0, 0.05) is 52.4 Å². The highest BCUT2D eigenvalue weighted by Crippen LogP contribution is 2.68. The van der Waals surface area contributed by atoms with Gasteiger partial charge in [0.25, 0.3) is 24.9 Å². The molecule has 0 aliphatic carbocycles. The zero-order chi connectivity index (χ0) is 58.4. The number of ether oxygens (including phenoxy) is 5. The number of nitrogen functional groups attached to an aromatic ring is 2. The summed E-state index contributed by atoms with van der Waals surface area (Å²) in [6.45, 7) is -3.26. The number of aromatic amines is 2. The highest BCUT2D eigenvalue weighted by Gasteiger charge is 2.53. The third kappa shape index (κ3) is 13.3. The van der Waals surface area contributed by atoms with E-state index in [0.717, 1.165) is 32.0 Å². The molecule has 8 heterocycles. The number of anilines is 2. The molecule has 442 valence electrons. The summed E-state index contributed by atoms with van der Waals surface area (Å²) in [5, 5.41) is 32.9. The molecule has 39 nitrogen and oxygen atoms in total. The van der Waals surface area contributed by atoms with Gasteiger partial charge in [-0.05, 0) is 0 Å². The minimum Gasteiger partial charge on any atom is -0.756 e. The smallest absolute Gasteiger partial charge is 0.490 e. The van der Waals surface area contributed by atoms with E-state index in [2.05, 4.69) is 33.5 Å². The number of aliphatic hydroxyl groups excluding tert-OH is 3. The predicted molar refractivity (Wildman–Crippen MR) is 257 cm³/mol. The summed E-state index contributed by atoms with van der Waals surface area (Å²) in [5.74, 6) is -2.28. The van der Waals surface area contributed by atoms with E-state index in [4.69, 9.17) is 53.2 Å². The van der Waals surface area contributed by atoms with E-state index in [1.165, 1.54) is 46.1 Å². The number of methoxy groups -OCH3 is 2. The number of hydrogen-bond acceptors (Lipinski definition) is 29. The Labute approximate surface area is 446 Å². The quantitative estimate of drug-likeness (QED) is 0.0205. The van der Waals surface area contributed by atoms with E-state index >= 15 is 0 Å². The van der Waals surface area contributed by atoms with Crippen molar-refractivity contribution < 1.29 is 113 Å². The van der Waals surface area contributed by atoms with Gasteiger partial charge < -0.3 is 84.0 Å². The van der Waals surface area contributed by atoms with Crippen LogP contribution in [0.25, 0.3) is 22.3 Å². The van der Waals surface area contributed by atoms with E-state index in [1.54, 1.807) is 0 Å². The van der Waals surface area contributed by atoms with Crippen LogP contribution in [0.4, 0.5) is 11.8 Å². The Hall–Kier alpha value is -5.15. The Morgan fingerprint density at radius 1 is 0.850 bits per heavy atom. The molecule has 3 saturated heterocycles. The van der Waals surface area contributed by atoms with Gasteiger partial charge in [0.1, 0.15) is 54.6 Å². The second-order valence-electron chi connectivity index (χ2n) is 17.9. The van der Waals surface area contributed by atoms with Gasteiger partial charge >= 0.3 is 34.8 Å². The van der Waals surface area contributed by atoms with Crippen molar-refractivity contribution >= 4 is 71.3 Å².